The minimum absolute atomic E-state index is 0.528. The van der Waals surface area contributed by atoms with Crippen molar-refractivity contribution in [2.45, 2.75) is 4.84 Å². The molecule has 0 N–H and O–H groups in total. The molecule has 0 radical (unpaired) electrons. The second-order valence-corrected chi connectivity index (χ2v) is 4.90. The maximum atomic E-state index is 5.97. The molecule has 4 heteroatoms. The van der Waals surface area contributed by atoms with E-state index in [-0.39, 0.29) is 0 Å². The predicted octanol–water partition coefficient (Wildman–Crippen LogP) is 5.61. The highest BCUT2D eigenvalue weighted by molar-refractivity contribution is 6.45. The van der Waals surface area contributed by atoms with Gasteiger partial charge in [-0.1, -0.05) is 29.8 Å². The van der Waals surface area contributed by atoms with Crippen LogP contribution in [0.1, 0.15) is 10.4 Å². The van der Waals surface area contributed by atoms with Crippen molar-refractivity contribution in [3.8, 4) is 11.5 Å². The molecule has 2 aromatic rings. The van der Waals surface area contributed by atoms with Crippen molar-refractivity contribution < 1.29 is 4.74 Å². The van der Waals surface area contributed by atoms with Gasteiger partial charge < -0.3 is 4.74 Å². The van der Waals surface area contributed by atoms with Crippen LogP contribution in [0.15, 0.2) is 48.5 Å². The summed E-state index contributed by atoms with van der Waals surface area (Å²) >= 11 is 17.6. The van der Waals surface area contributed by atoms with Crippen molar-refractivity contribution in [2.75, 3.05) is 0 Å². The van der Waals surface area contributed by atoms with Gasteiger partial charge in [-0.2, -0.15) is 0 Å². The molecule has 0 aliphatic carbocycles. The van der Waals surface area contributed by atoms with E-state index >= 15 is 0 Å². The summed E-state index contributed by atoms with van der Waals surface area (Å²) in [5.74, 6) is 1.41. The molecule has 0 spiro atoms. The van der Waals surface area contributed by atoms with E-state index in [1.165, 1.54) is 0 Å². The predicted molar refractivity (Wildman–Crippen MR) is 72.4 cm³/mol. The maximum absolute atomic E-state index is 5.97. The Morgan fingerprint density at radius 1 is 0.882 bits per heavy atom. The van der Waals surface area contributed by atoms with Crippen LogP contribution >= 0.6 is 34.8 Å². The van der Waals surface area contributed by atoms with E-state index in [4.69, 9.17) is 39.5 Å². The average molecular weight is 288 g/mol. The summed E-state index contributed by atoms with van der Waals surface area (Å²) < 4.78 is 5.65. The van der Waals surface area contributed by atoms with E-state index < -0.39 is 4.84 Å². The van der Waals surface area contributed by atoms with E-state index in [0.29, 0.717) is 16.3 Å². The van der Waals surface area contributed by atoms with E-state index in [1.807, 2.05) is 30.3 Å². The molecule has 0 heterocycles. The van der Waals surface area contributed by atoms with Crippen LogP contribution in [-0.2, 0) is 0 Å². The van der Waals surface area contributed by atoms with Gasteiger partial charge in [-0.15, -0.1) is 23.2 Å². The van der Waals surface area contributed by atoms with Crippen LogP contribution in [0.5, 0.6) is 11.5 Å². The first-order chi connectivity index (χ1) is 8.16. The van der Waals surface area contributed by atoms with E-state index in [9.17, 15) is 0 Å². The van der Waals surface area contributed by atoms with E-state index in [1.54, 1.807) is 18.2 Å². The highest BCUT2D eigenvalue weighted by Gasteiger charge is 2.10. The van der Waals surface area contributed by atoms with Crippen molar-refractivity contribution in [2.24, 2.45) is 0 Å². The fourth-order valence-electron chi connectivity index (χ4n) is 1.38. The first-order valence-electron chi connectivity index (χ1n) is 4.97. The standard InChI is InChI=1S/C13H9Cl3O/c14-12-7-6-10(8-11(12)13(15)16)17-9-4-2-1-3-5-9/h1-8,13H. The first kappa shape index (κ1) is 12.6. The SMILES string of the molecule is Clc1ccc(Oc2ccccc2)cc1C(Cl)Cl. The van der Waals surface area contributed by atoms with Gasteiger partial charge >= 0.3 is 0 Å². The van der Waals surface area contributed by atoms with Crippen molar-refractivity contribution in [3.63, 3.8) is 0 Å². The molecular formula is C13H9Cl3O. The lowest BCUT2D eigenvalue weighted by Gasteiger charge is -2.09. The first-order valence-corrected chi connectivity index (χ1v) is 6.22. The summed E-state index contributed by atoms with van der Waals surface area (Å²) in [6, 6.07) is 14.7. The molecule has 2 aromatic carbocycles. The zero-order chi connectivity index (χ0) is 12.3. The third-order valence-electron chi connectivity index (χ3n) is 2.18. The van der Waals surface area contributed by atoms with Crippen LogP contribution < -0.4 is 4.74 Å². The highest BCUT2D eigenvalue weighted by Crippen LogP contribution is 2.34. The van der Waals surface area contributed by atoms with Gasteiger partial charge in [-0.05, 0) is 30.3 Å². The summed E-state index contributed by atoms with van der Waals surface area (Å²) in [5, 5.41) is 0.528. The van der Waals surface area contributed by atoms with E-state index in [0.717, 1.165) is 5.75 Å². The molecule has 0 aliphatic heterocycles. The second-order valence-electron chi connectivity index (χ2n) is 3.40. The Kier molecular flexibility index (Phi) is 4.16. The molecule has 0 bridgehead atoms. The fraction of sp³-hybridized carbons (Fsp3) is 0.0769. The van der Waals surface area contributed by atoms with Crippen molar-refractivity contribution in [1.82, 2.24) is 0 Å². The Hall–Kier alpha value is -0.890. The number of hydrogen-bond acceptors (Lipinski definition) is 1. The Morgan fingerprint density at radius 3 is 2.24 bits per heavy atom. The quantitative estimate of drug-likeness (QED) is 0.667. The molecule has 88 valence electrons. The number of alkyl halides is 2. The third kappa shape index (κ3) is 3.29. The average Bonchev–Trinajstić information content (AvgIpc) is 2.32. The van der Waals surface area contributed by atoms with Crippen LogP contribution in [0.2, 0.25) is 5.02 Å². The zero-order valence-electron chi connectivity index (χ0n) is 8.74. The monoisotopic (exact) mass is 286 g/mol. The Balaban J connectivity index is 2.26. The minimum atomic E-state index is -0.665. The molecule has 0 saturated heterocycles. The number of benzene rings is 2. The Labute approximate surface area is 115 Å². The lowest BCUT2D eigenvalue weighted by atomic mass is 10.2. The summed E-state index contributed by atoms with van der Waals surface area (Å²) in [6.45, 7) is 0. The minimum Gasteiger partial charge on any atom is -0.457 e. The van der Waals surface area contributed by atoms with Gasteiger partial charge in [0, 0.05) is 10.6 Å². The maximum Gasteiger partial charge on any atom is 0.134 e. The summed E-state index contributed by atoms with van der Waals surface area (Å²) in [6.07, 6.45) is 0. The largest absolute Gasteiger partial charge is 0.457 e. The fourth-order valence-corrected chi connectivity index (χ4v) is 2.08. The lowest BCUT2D eigenvalue weighted by molar-refractivity contribution is 0.482. The van der Waals surface area contributed by atoms with Crippen LogP contribution in [0.4, 0.5) is 0 Å². The summed E-state index contributed by atoms with van der Waals surface area (Å²) in [5.41, 5.74) is 0.642. The van der Waals surface area contributed by atoms with Crippen LogP contribution in [-0.4, -0.2) is 0 Å². The van der Waals surface area contributed by atoms with Gasteiger partial charge in [0.25, 0.3) is 0 Å². The van der Waals surface area contributed by atoms with Gasteiger partial charge in [0.1, 0.15) is 16.3 Å². The smallest absolute Gasteiger partial charge is 0.134 e. The van der Waals surface area contributed by atoms with Crippen LogP contribution in [0, 0.1) is 0 Å². The Morgan fingerprint density at radius 2 is 1.59 bits per heavy atom. The van der Waals surface area contributed by atoms with E-state index in [2.05, 4.69) is 0 Å². The molecule has 0 aromatic heterocycles. The van der Waals surface area contributed by atoms with Gasteiger partial charge in [-0.3, -0.25) is 0 Å². The van der Waals surface area contributed by atoms with Gasteiger partial charge in [0.05, 0.1) is 0 Å². The molecule has 17 heavy (non-hydrogen) atoms. The molecule has 0 saturated carbocycles. The van der Waals surface area contributed by atoms with Crippen molar-refractivity contribution in [1.29, 1.82) is 0 Å². The number of ether oxygens (including phenoxy) is 1. The summed E-state index contributed by atoms with van der Waals surface area (Å²) in [7, 11) is 0. The van der Waals surface area contributed by atoms with Gasteiger partial charge in [-0.25, -0.2) is 0 Å². The number of rotatable bonds is 3. The highest BCUT2D eigenvalue weighted by atomic mass is 35.5. The molecule has 0 atom stereocenters. The Bertz CT molecular complexity index is 497. The van der Waals surface area contributed by atoms with Gasteiger partial charge in [0.2, 0.25) is 0 Å². The lowest BCUT2D eigenvalue weighted by Crippen LogP contribution is -1.88. The number of halogens is 3. The molecule has 1 nitrogen and oxygen atoms in total. The zero-order valence-corrected chi connectivity index (χ0v) is 11.0. The molecule has 2 rings (SSSR count). The number of para-hydroxylation sites is 1. The molecule has 0 amide bonds. The van der Waals surface area contributed by atoms with Crippen LogP contribution in [0.3, 0.4) is 0 Å². The normalized spacial score (nSPS) is 10.6. The van der Waals surface area contributed by atoms with Crippen molar-refractivity contribution >= 4 is 34.8 Å². The molecule has 0 unspecified atom stereocenters. The van der Waals surface area contributed by atoms with Gasteiger partial charge in [0.15, 0.2) is 0 Å². The van der Waals surface area contributed by atoms with Crippen molar-refractivity contribution in [3.05, 3.63) is 59.1 Å². The third-order valence-corrected chi connectivity index (χ3v) is 3.00. The molecule has 0 aliphatic rings. The number of hydrogen-bond donors (Lipinski definition) is 0. The molecular weight excluding hydrogens is 279 g/mol. The van der Waals surface area contributed by atoms with Crippen LogP contribution in [0.25, 0.3) is 0 Å². The summed E-state index contributed by atoms with van der Waals surface area (Å²) in [4.78, 5) is -0.665. The topological polar surface area (TPSA) is 9.23 Å². The molecule has 0 fully saturated rings. The second kappa shape index (κ2) is 5.63.